The first-order chi connectivity index (χ1) is 30.5. The number of unbranched alkanes of at least 4 members (excludes halogenated alkanes) is 42. The number of aliphatic hydroxyl groups is 2. The van der Waals surface area contributed by atoms with Crippen LogP contribution in [0.2, 0.25) is 0 Å². The molecule has 2 unspecified atom stereocenters. The van der Waals surface area contributed by atoms with Crippen LogP contribution in [-0.2, 0) is 14.3 Å². The molecule has 62 heavy (non-hydrogen) atoms. The fourth-order valence-corrected chi connectivity index (χ4v) is 9.05. The Morgan fingerprint density at radius 3 is 0.984 bits per heavy atom. The zero-order valence-electron chi connectivity index (χ0n) is 42.1. The predicted molar refractivity (Wildman–Crippen MR) is 269 cm³/mol. The molecule has 0 aromatic rings. The standard InChI is InChI=1S/C56H111NO5/c1-3-5-7-9-11-13-15-17-19-21-24-28-32-36-40-44-48-54(59)53(52-58)57-55(60)49-45-41-37-33-29-25-23-27-31-35-39-43-47-51-62-56(61)50-46-42-38-34-30-26-22-20-18-16-14-12-10-8-6-4-2/h53-54,58-59H,3-52H2,1-2H3,(H,57,60). The van der Waals surface area contributed by atoms with Crippen molar-refractivity contribution in [3.63, 3.8) is 0 Å². The van der Waals surface area contributed by atoms with Crippen molar-refractivity contribution in [2.24, 2.45) is 0 Å². The molecule has 0 saturated carbocycles. The highest BCUT2D eigenvalue weighted by molar-refractivity contribution is 5.76. The molecule has 2 atom stereocenters. The Kier molecular flexibility index (Phi) is 51.5. The maximum absolute atomic E-state index is 12.5. The lowest BCUT2D eigenvalue weighted by atomic mass is 10.0. The first-order valence-corrected chi connectivity index (χ1v) is 28.3. The highest BCUT2D eigenvalue weighted by Gasteiger charge is 2.20. The molecule has 0 saturated heterocycles. The smallest absolute Gasteiger partial charge is 0.305 e. The molecule has 0 aliphatic rings. The molecular formula is C56H111NO5. The molecule has 0 bridgehead atoms. The average Bonchev–Trinajstić information content (AvgIpc) is 3.27. The number of aliphatic hydroxyl groups excluding tert-OH is 2. The molecule has 6 nitrogen and oxygen atoms in total. The number of esters is 1. The van der Waals surface area contributed by atoms with Crippen molar-refractivity contribution in [1.82, 2.24) is 5.32 Å². The minimum absolute atomic E-state index is 0.000959. The topological polar surface area (TPSA) is 95.9 Å². The fraction of sp³-hybridized carbons (Fsp3) is 0.964. The summed E-state index contributed by atoms with van der Waals surface area (Å²) in [4.78, 5) is 24.5. The maximum Gasteiger partial charge on any atom is 0.305 e. The van der Waals surface area contributed by atoms with E-state index in [-0.39, 0.29) is 18.5 Å². The highest BCUT2D eigenvalue weighted by atomic mass is 16.5. The van der Waals surface area contributed by atoms with Gasteiger partial charge in [-0.1, -0.05) is 284 Å². The summed E-state index contributed by atoms with van der Waals surface area (Å²) in [5.74, 6) is -0.0456. The molecule has 0 radical (unpaired) electrons. The first kappa shape index (κ1) is 60.9. The van der Waals surface area contributed by atoms with Crippen LogP contribution in [0.5, 0.6) is 0 Å². The Morgan fingerprint density at radius 2 is 0.661 bits per heavy atom. The fourth-order valence-electron chi connectivity index (χ4n) is 9.05. The number of ether oxygens (including phenoxy) is 1. The Balaban J connectivity index is 3.42. The van der Waals surface area contributed by atoms with Crippen molar-refractivity contribution in [3.8, 4) is 0 Å². The number of amides is 1. The van der Waals surface area contributed by atoms with Crippen LogP contribution in [-0.4, -0.2) is 47.4 Å². The van der Waals surface area contributed by atoms with Gasteiger partial charge in [-0.25, -0.2) is 0 Å². The Bertz CT molecular complexity index is 882. The van der Waals surface area contributed by atoms with Crippen LogP contribution in [0, 0.1) is 0 Å². The van der Waals surface area contributed by atoms with Gasteiger partial charge in [0.15, 0.2) is 0 Å². The van der Waals surface area contributed by atoms with Gasteiger partial charge in [0.25, 0.3) is 0 Å². The summed E-state index contributed by atoms with van der Waals surface area (Å²) in [6.45, 7) is 4.95. The molecule has 0 aromatic carbocycles. The molecular weight excluding hydrogens is 767 g/mol. The van der Waals surface area contributed by atoms with Crippen LogP contribution in [0.1, 0.15) is 322 Å². The predicted octanol–water partition coefficient (Wildman–Crippen LogP) is 17.1. The van der Waals surface area contributed by atoms with Gasteiger partial charge in [0.1, 0.15) is 0 Å². The number of carbonyl (C=O) groups excluding carboxylic acids is 2. The molecule has 1 amide bonds. The van der Waals surface area contributed by atoms with E-state index in [1.165, 1.54) is 238 Å². The quantitative estimate of drug-likeness (QED) is 0.0418. The van der Waals surface area contributed by atoms with Crippen molar-refractivity contribution >= 4 is 11.9 Å². The van der Waals surface area contributed by atoms with Gasteiger partial charge in [0, 0.05) is 12.8 Å². The lowest BCUT2D eigenvalue weighted by molar-refractivity contribution is -0.143. The highest BCUT2D eigenvalue weighted by Crippen LogP contribution is 2.18. The van der Waals surface area contributed by atoms with Crippen molar-refractivity contribution < 1.29 is 24.5 Å². The summed E-state index contributed by atoms with van der Waals surface area (Å²) in [5.41, 5.74) is 0. The second-order valence-electron chi connectivity index (χ2n) is 19.6. The van der Waals surface area contributed by atoms with E-state index in [9.17, 15) is 19.8 Å². The second-order valence-corrected chi connectivity index (χ2v) is 19.6. The van der Waals surface area contributed by atoms with E-state index in [0.717, 1.165) is 51.4 Å². The van der Waals surface area contributed by atoms with Crippen molar-refractivity contribution in [2.75, 3.05) is 13.2 Å². The third kappa shape index (κ3) is 48.3. The van der Waals surface area contributed by atoms with Gasteiger partial charge < -0.3 is 20.3 Å². The van der Waals surface area contributed by atoms with Gasteiger partial charge >= 0.3 is 5.97 Å². The van der Waals surface area contributed by atoms with E-state index < -0.39 is 12.1 Å². The minimum Gasteiger partial charge on any atom is -0.466 e. The zero-order valence-corrected chi connectivity index (χ0v) is 42.1. The van der Waals surface area contributed by atoms with Gasteiger partial charge in [-0.3, -0.25) is 9.59 Å². The summed E-state index contributed by atoms with van der Waals surface area (Å²) in [5, 5.41) is 23.3. The number of nitrogens with one attached hydrogen (secondary N) is 1. The van der Waals surface area contributed by atoms with Crippen LogP contribution in [0.25, 0.3) is 0 Å². The van der Waals surface area contributed by atoms with Crippen molar-refractivity contribution in [3.05, 3.63) is 0 Å². The Hall–Kier alpha value is -1.14. The van der Waals surface area contributed by atoms with Crippen LogP contribution < -0.4 is 5.32 Å². The maximum atomic E-state index is 12.5. The van der Waals surface area contributed by atoms with Crippen LogP contribution >= 0.6 is 0 Å². The van der Waals surface area contributed by atoms with Gasteiger partial charge in [0.05, 0.1) is 25.4 Å². The summed E-state index contributed by atoms with van der Waals surface area (Å²) in [7, 11) is 0. The number of hydrogen-bond donors (Lipinski definition) is 3. The second kappa shape index (κ2) is 52.5. The molecule has 0 rings (SSSR count). The molecule has 0 heterocycles. The van der Waals surface area contributed by atoms with E-state index in [1.807, 2.05) is 0 Å². The Morgan fingerprint density at radius 1 is 0.387 bits per heavy atom. The summed E-state index contributed by atoms with van der Waals surface area (Å²) in [6, 6.07) is -0.549. The van der Waals surface area contributed by atoms with Gasteiger partial charge in [-0.15, -0.1) is 0 Å². The molecule has 0 aliphatic carbocycles. The van der Waals surface area contributed by atoms with Gasteiger partial charge in [-0.2, -0.15) is 0 Å². The molecule has 0 fully saturated rings. The van der Waals surface area contributed by atoms with E-state index in [1.54, 1.807) is 0 Å². The van der Waals surface area contributed by atoms with E-state index >= 15 is 0 Å². The number of hydrogen-bond acceptors (Lipinski definition) is 5. The van der Waals surface area contributed by atoms with Crippen LogP contribution in [0.4, 0.5) is 0 Å². The van der Waals surface area contributed by atoms with Gasteiger partial charge in [-0.05, 0) is 25.7 Å². The molecule has 0 aromatic heterocycles. The molecule has 370 valence electrons. The van der Waals surface area contributed by atoms with E-state index in [4.69, 9.17) is 4.74 Å². The third-order valence-electron chi connectivity index (χ3n) is 13.4. The first-order valence-electron chi connectivity index (χ1n) is 28.3. The lowest BCUT2D eigenvalue weighted by Crippen LogP contribution is -2.45. The minimum atomic E-state index is -0.671. The lowest BCUT2D eigenvalue weighted by Gasteiger charge is -2.22. The largest absolute Gasteiger partial charge is 0.466 e. The Labute approximate surface area is 387 Å². The van der Waals surface area contributed by atoms with Crippen LogP contribution in [0.15, 0.2) is 0 Å². The van der Waals surface area contributed by atoms with Crippen LogP contribution in [0.3, 0.4) is 0 Å². The van der Waals surface area contributed by atoms with Gasteiger partial charge in [0.2, 0.25) is 5.91 Å². The molecule has 6 heteroatoms. The molecule has 3 N–H and O–H groups in total. The third-order valence-corrected chi connectivity index (χ3v) is 13.4. The normalized spacial score (nSPS) is 12.5. The SMILES string of the molecule is CCCCCCCCCCCCCCCCCCC(=O)OCCCCCCCCCCCCCCCC(=O)NC(CO)C(O)CCCCCCCCCCCCCCCCCC. The summed E-state index contributed by atoms with van der Waals surface area (Å²) >= 11 is 0. The van der Waals surface area contributed by atoms with Crippen molar-refractivity contribution in [2.45, 2.75) is 334 Å². The van der Waals surface area contributed by atoms with E-state index in [2.05, 4.69) is 19.2 Å². The monoisotopic (exact) mass is 878 g/mol. The van der Waals surface area contributed by atoms with E-state index in [0.29, 0.717) is 25.9 Å². The molecule has 0 spiro atoms. The summed E-state index contributed by atoms with van der Waals surface area (Å²) in [6.07, 6.45) is 59.4. The average molecular weight is 879 g/mol. The number of carbonyl (C=O) groups is 2. The zero-order chi connectivity index (χ0) is 45.1. The van der Waals surface area contributed by atoms with Crippen molar-refractivity contribution in [1.29, 1.82) is 0 Å². The number of rotatable bonds is 53. The summed E-state index contributed by atoms with van der Waals surface area (Å²) < 4.78 is 5.48. The molecule has 0 aliphatic heterocycles.